The Bertz CT molecular complexity index is 406. The van der Waals surface area contributed by atoms with Crippen molar-refractivity contribution in [3.63, 3.8) is 0 Å². The fourth-order valence-corrected chi connectivity index (χ4v) is 2.44. The van der Waals surface area contributed by atoms with Crippen molar-refractivity contribution in [1.29, 1.82) is 0 Å². The minimum Gasteiger partial charge on any atom is -0.490 e. The van der Waals surface area contributed by atoms with Gasteiger partial charge in [-0.1, -0.05) is 19.1 Å². The summed E-state index contributed by atoms with van der Waals surface area (Å²) in [6.45, 7) is 9.59. The highest BCUT2D eigenvalue weighted by Crippen LogP contribution is 2.29. The van der Waals surface area contributed by atoms with Crippen LogP contribution in [0.5, 0.6) is 5.75 Å². The van der Waals surface area contributed by atoms with Crippen LogP contribution in [0.1, 0.15) is 38.3 Å². The quantitative estimate of drug-likeness (QED) is 0.741. The molecule has 2 unspecified atom stereocenters. The normalized spacial score (nSPS) is 19.0. The number of fused-ring (bicyclic) bond motifs is 1. The van der Waals surface area contributed by atoms with E-state index in [1.165, 1.54) is 17.5 Å². The van der Waals surface area contributed by atoms with E-state index in [-0.39, 0.29) is 0 Å². The Labute approximate surface area is 116 Å². The molecule has 0 aliphatic carbocycles. The zero-order valence-electron chi connectivity index (χ0n) is 12.3. The molecule has 3 heteroatoms. The predicted molar refractivity (Wildman–Crippen MR) is 79.7 cm³/mol. The maximum absolute atomic E-state index is 5.72. The van der Waals surface area contributed by atoms with Crippen molar-refractivity contribution in [2.24, 2.45) is 0 Å². The Kier molecular flexibility index (Phi) is 5.23. The van der Waals surface area contributed by atoms with Gasteiger partial charge in [0, 0.05) is 25.6 Å². The van der Waals surface area contributed by atoms with E-state index >= 15 is 0 Å². The van der Waals surface area contributed by atoms with Gasteiger partial charge in [0.15, 0.2) is 0 Å². The maximum atomic E-state index is 5.72. The van der Waals surface area contributed by atoms with Crippen LogP contribution in [0, 0.1) is 0 Å². The molecule has 1 aromatic carbocycles. The van der Waals surface area contributed by atoms with Crippen molar-refractivity contribution in [3.05, 3.63) is 29.3 Å². The molecule has 0 radical (unpaired) electrons. The number of rotatable bonds is 7. The Morgan fingerprint density at radius 1 is 1.42 bits per heavy atom. The minimum atomic E-state index is 0.329. The summed E-state index contributed by atoms with van der Waals surface area (Å²) in [6.07, 6.45) is 2.56. The van der Waals surface area contributed by atoms with Crippen LogP contribution in [0.4, 0.5) is 0 Å². The fraction of sp³-hybridized carbons (Fsp3) is 0.625. The van der Waals surface area contributed by atoms with Crippen molar-refractivity contribution in [2.45, 2.75) is 52.3 Å². The number of benzene rings is 1. The lowest BCUT2D eigenvalue weighted by Crippen LogP contribution is -2.36. The van der Waals surface area contributed by atoms with Crippen LogP contribution in [0.25, 0.3) is 0 Å². The molecule has 0 fully saturated rings. The molecule has 1 aromatic rings. The lowest BCUT2D eigenvalue weighted by molar-refractivity contribution is 0.254. The first-order valence-corrected chi connectivity index (χ1v) is 7.41. The van der Waals surface area contributed by atoms with E-state index in [9.17, 15) is 0 Å². The number of ether oxygens (including phenoxy) is 1. The van der Waals surface area contributed by atoms with E-state index in [0.717, 1.165) is 31.8 Å². The van der Waals surface area contributed by atoms with Gasteiger partial charge in [-0.2, -0.15) is 0 Å². The molecule has 1 heterocycles. The molecule has 0 bridgehead atoms. The van der Waals surface area contributed by atoms with Gasteiger partial charge in [-0.05, 0) is 44.0 Å². The molecular weight excluding hydrogens is 236 g/mol. The fourth-order valence-electron chi connectivity index (χ4n) is 2.44. The first-order valence-electron chi connectivity index (χ1n) is 7.41. The van der Waals surface area contributed by atoms with Gasteiger partial charge >= 0.3 is 0 Å². The monoisotopic (exact) mass is 262 g/mol. The summed E-state index contributed by atoms with van der Waals surface area (Å²) < 4.78 is 5.72. The molecule has 3 nitrogen and oxygen atoms in total. The summed E-state index contributed by atoms with van der Waals surface area (Å²) in [6, 6.07) is 7.04. The first kappa shape index (κ1) is 14.4. The Morgan fingerprint density at radius 2 is 2.26 bits per heavy atom. The zero-order valence-corrected chi connectivity index (χ0v) is 12.3. The Balaban J connectivity index is 1.79. The standard InChI is InChI=1S/C16H26N2O/c1-4-7-17-10-12(2)18-11-14-5-6-16-15(9-14)8-13(3)19-16/h5-6,9,12-13,17-18H,4,7-8,10-11H2,1-3H3. The highest BCUT2D eigenvalue weighted by Gasteiger charge is 2.18. The third kappa shape index (κ3) is 4.22. The van der Waals surface area contributed by atoms with Crippen LogP contribution >= 0.6 is 0 Å². The highest BCUT2D eigenvalue weighted by molar-refractivity contribution is 5.40. The predicted octanol–water partition coefficient (Wildman–Crippen LogP) is 2.49. The van der Waals surface area contributed by atoms with Crippen LogP contribution < -0.4 is 15.4 Å². The van der Waals surface area contributed by atoms with Gasteiger partial charge in [-0.15, -0.1) is 0 Å². The summed E-state index contributed by atoms with van der Waals surface area (Å²) in [5, 5.41) is 6.99. The molecule has 2 rings (SSSR count). The molecule has 2 atom stereocenters. The maximum Gasteiger partial charge on any atom is 0.123 e. The number of hydrogen-bond acceptors (Lipinski definition) is 3. The molecule has 0 saturated carbocycles. The molecule has 0 saturated heterocycles. The first-order chi connectivity index (χ1) is 9.19. The summed E-state index contributed by atoms with van der Waals surface area (Å²) in [7, 11) is 0. The average Bonchev–Trinajstić information content (AvgIpc) is 2.76. The Morgan fingerprint density at radius 3 is 3.05 bits per heavy atom. The summed E-state index contributed by atoms with van der Waals surface area (Å²) in [4.78, 5) is 0. The van der Waals surface area contributed by atoms with Gasteiger partial charge in [-0.3, -0.25) is 0 Å². The van der Waals surface area contributed by atoms with Crippen LogP contribution in [-0.2, 0) is 13.0 Å². The molecule has 0 spiro atoms. The van der Waals surface area contributed by atoms with E-state index in [0.29, 0.717) is 12.1 Å². The van der Waals surface area contributed by atoms with Crippen molar-refractivity contribution in [3.8, 4) is 5.75 Å². The average molecular weight is 262 g/mol. The van der Waals surface area contributed by atoms with Crippen molar-refractivity contribution in [2.75, 3.05) is 13.1 Å². The minimum absolute atomic E-state index is 0.329. The van der Waals surface area contributed by atoms with Crippen LogP contribution in [0.2, 0.25) is 0 Å². The zero-order chi connectivity index (χ0) is 13.7. The summed E-state index contributed by atoms with van der Waals surface area (Å²) >= 11 is 0. The molecule has 2 N–H and O–H groups in total. The molecule has 0 aromatic heterocycles. The summed E-state index contributed by atoms with van der Waals surface area (Å²) in [5.41, 5.74) is 2.70. The number of nitrogens with one attached hydrogen (secondary N) is 2. The lowest BCUT2D eigenvalue weighted by atomic mass is 10.1. The van der Waals surface area contributed by atoms with E-state index in [4.69, 9.17) is 4.74 Å². The Hall–Kier alpha value is -1.06. The third-order valence-corrected chi connectivity index (χ3v) is 3.49. The van der Waals surface area contributed by atoms with Gasteiger partial charge in [0.25, 0.3) is 0 Å². The van der Waals surface area contributed by atoms with E-state index in [1.807, 2.05) is 0 Å². The second-order valence-electron chi connectivity index (χ2n) is 5.56. The molecule has 19 heavy (non-hydrogen) atoms. The van der Waals surface area contributed by atoms with Gasteiger partial charge in [0.2, 0.25) is 0 Å². The van der Waals surface area contributed by atoms with Crippen molar-refractivity contribution >= 4 is 0 Å². The van der Waals surface area contributed by atoms with Crippen molar-refractivity contribution < 1.29 is 4.74 Å². The molecule has 1 aliphatic heterocycles. The van der Waals surface area contributed by atoms with Crippen LogP contribution in [-0.4, -0.2) is 25.2 Å². The number of hydrogen-bond donors (Lipinski definition) is 2. The second-order valence-corrected chi connectivity index (χ2v) is 5.56. The van der Waals surface area contributed by atoms with E-state index < -0.39 is 0 Å². The summed E-state index contributed by atoms with van der Waals surface area (Å²) in [5.74, 6) is 1.06. The molecule has 1 aliphatic rings. The van der Waals surface area contributed by atoms with Crippen LogP contribution in [0.15, 0.2) is 18.2 Å². The van der Waals surface area contributed by atoms with Gasteiger partial charge < -0.3 is 15.4 Å². The lowest BCUT2D eigenvalue weighted by Gasteiger charge is -2.14. The van der Waals surface area contributed by atoms with Gasteiger partial charge in [0.1, 0.15) is 11.9 Å². The van der Waals surface area contributed by atoms with E-state index in [1.54, 1.807) is 0 Å². The topological polar surface area (TPSA) is 33.3 Å². The highest BCUT2D eigenvalue weighted by atomic mass is 16.5. The van der Waals surface area contributed by atoms with E-state index in [2.05, 4.69) is 49.6 Å². The smallest absolute Gasteiger partial charge is 0.123 e. The molecule has 106 valence electrons. The molecule has 0 amide bonds. The second kappa shape index (κ2) is 6.92. The van der Waals surface area contributed by atoms with Crippen LogP contribution in [0.3, 0.4) is 0 Å². The SMILES string of the molecule is CCCNCC(C)NCc1ccc2c(c1)CC(C)O2. The van der Waals surface area contributed by atoms with Crippen molar-refractivity contribution in [1.82, 2.24) is 10.6 Å². The molecular formula is C16H26N2O. The van der Waals surface area contributed by atoms with Gasteiger partial charge in [-0.25, -0.2) is 0 Å². The third-order valence-electron chi connectivity index (χ3n) is 3.49. The largest absolute Gasteiger partial charge is 0.490 e. The van der Waals surface area contributed by atoms with Gasteiger partial charge in [0.05, 0.1) is 0 Å².